The molecule has 2 N–H and O–H groups in total. The van der Waals surface area contributed by atoms with Gasteiger partial charge in [0.1, 0.15) is 0 Å². The first-order valence-electron chi connectivity index (χ1n) is 8.51. The van der Waals surface area contributed by atoms with Crippen LogP contribution in [0.2, 0.25) is 0 Å². The minimum atomic E-state index is -0.289. The van der Waals surface area contributed by atoms with Gasteiger partial charge in [-0.2, -0.15) is 0 Å². The molecular weight excluding hydrogens is 360 g/mol. The maximum atomic E-state index is 12.5. The van der Waals surface area contributed by atoms with Crippen molar-refractivity contribution < 1.29 is 14.0 Å². The SMILES string of the molecule is CNC(=O)Cc1ccc(NC(=O)c2occc2CSc2ccccc2)cc1. The van der Waals surface area contributed by atoms with Crippen molar-refractivity contribution in [3.05, 3.63) is 83.8 Å². The van der Waals surface area contributed by atoms with Gasteiger partial charge < -0.3 is 15.1 Å². The van der Waals surface area contributed by atoms with Gasteiger partial charge in [-0.3, -0.25) is 9.59 Å². The summed E-state index contributed by atoms with van der Waals surface area (Å²) in [6.45, 7) is 0. The van der Waals surface area contributed by atoms with Crippen molar-refractivity contribution in [1.29, 1.82) is 0 Å². The lowest BCUT2D eigenvalue weighted by molar-refractivity contribution is -0.119. The van der Waals surface area contributed by atoms with Gasteiger partial charge >= 0.3 is 0 Å². The average Bonchev–Trinajstić information content (AvgIpc) is 3.17. The zero-order valence-corrected chi connectivity index (χ0v) is 15.7. The van der Waals surface area contributed by atoms with Crippen molar-refractivity contribution in [1.82, 2.24) is 5.32 Å². The van der Waals surface area contributed by atoms with E-state index in [0.29, 0.717) is 23.6 Å². The van der Waals surface area contributed by atoms with Crippen LogP contribution in [0.15, 0.2) is 76.2 Å². The molecular formula is C21H20N2O3S. The van der Waals surface area contributed by atoms with Gasteiger partial charge in [-0.15, -0.1) is 11.8 Å². The Hall–Kier alpha value is -2.99. The number of furan rings is 1. The Morgan fingerprint density at radius 3 is 2.44 bits per heavy atom. The number of benzene rings is 2. The Kier molecular flexibility index (Phi) is 6.33. The minimum absolute atomic E-state index is 0.0528. The van der Waals surface area contributed by atoms with Crippen molar-refractivity contribution in [3.8, 4) is 0 Å². The highest BCUT2D eigenvalue weighted by Gasteiger charge is 2.16. The van der Waals surface area contributed by atoms with Gasteiger partial charge in [0.05, 0.1) is 12.7 Å². The normalized spacial score (nSPS) is 10.4. The van der Waals surface area contributed by atoms with Gasteiger partial charge in [0.15, 0.2) is 5.76 Å². The molecule has 0 saturated carbocycles. The van der Waals surface area contributed by atoms with Gasteiger partial charge in [0.25, 0.3) is 5.91 Å². The molecule has 1 aromatic heterocycles. The van der Waals surface area contributed by atoms with Gasteiger partial charge in [-0.1, -0.05) is 30.3 Å². The molecule has 3 rings (SSSR count). The van der Waals surface area contributed by atoms with Crippen molar-refractivity contribution in [2.75, 3.05) is 12.4 Å². The summed E-state index contributed by atoms with van der Waals surface area (Å²) in [5, 5.41) is 5.42. The summed E-state index contributed by atoms with van der Waals surface area (Å²) in [5.41, 5.74) is 2.38. The Balaban J connectivity index is 1.61. The van der Waals surface area contributed by atoms with Crippen molar-refractivity contribution in [2.45, 2.75) is 17.1 Å². The largest absolute Gasteiger partial charge is 0.459 e. The minimum Gasteiger partial charge on any atom is -0.459 e. The van der Waals surface area contributed by atoms with E-state index in [1.165, 1.54) is 6.26 Å². The van der Waals surface area contributed by atoms with E-state index in [9.17, 15) is 9.59 Å². The molecule has 0 bridgehead atoms. The maximum Gasteiger partial charge on any atom is 0.291 e. The van der Waals surface area contributed by atoms with E-state index in [-0.39, 0.29) is 11.8 Å². The fraction of sp³-hybridized carbons (Fsp3) is 0.143. The molecule has 2 aromatic carbocycles. The van der Waals surface area contributed by atoms with Gasteiger partial charge in [-0.05, 0) is 35.9 Å². The van der Waals surface area contributed by atoms with Crippen LogP contribution < -0.4 is 10.6 Å². The highest BCUT2D eigenvalue weighted by molar-refractivity contribution is 7.98. The third-order valence-corrected chi connectivity index (χ3v) is 5.01. The van der Waals surface area contributed by atoms with Crippen LogP contribution in [0.1, 0.15) is 21.7 Å². The van der Waals surface area contributed by atoms with Gasteiger partial charge in [0.2, 0.25) is 5.91 Å². The van der Waals surface area contributed by atoms with Crippen LogP contribution in [0.3, 0.4) is 0 Å². The highest BCUT2D eigenvalue weighted by Crippen LogP contribution is 2.25. The molecule has 138 valence electrons. The highest BCUT2D eigenvalue weighted by atomic mass is 32.2. The maximum absolute atomic E-state index is 12.5. The lowest BCUT2D eigenvalue weighted by Crippen LogP contribution is -2.19. The topological polar surface area (TPSA) is 71.3 Å². The predicted octanol–water partition coefficient (Wildman–Crippen LogP) is 4.11. The van der Waals surface area contributed by atoms with Crippen LogP contribution in [0.4, 0.5) is 5.69 Å². The Labute approximate surface area is 162 Å². The Morgan fingerprint density at radius 2 is 1.74 bits per heavy atom. The van der Waals surface area contributed by atoms with Gasteiger partial charge in [-0.25, -0.2) is 0 Å². The number of hydrogen-bond donors (Lipinski definition) is 2. The molecule has 5 nitrogen and oxygen atoms in total. The van der Waals surface area contributed by atoms with Crippen LogP contribution in [0, 0.1) is 0 Å². The van der Waals surface area contributed by atoms with Gasteiger partial charge in [0, 0.05) is 28.9 Å². The molecule has 0 atom stereocenters. The van der Waals surface area contributed by atoms with E-state index in [1.54, 1.807) is 30.9 Å². The van der Waals surface area contributed by atoms with Crippen LogP contribution >= 0.6 is 11.8 Å². The summed E-state index contributed by atoms with van der Waals surface area (Å²) in [5.74, 6) is 0.618. The predicted molar refractivity (Wildman–Crippen MR) is 107 cm³/mol. The molecule has 2 amide bonds. The second-order valence-corrected chi connectivity index (χ2v) is 6.93. The van der Waals surface area contributed by atoms with Crippen LogP contribution in [-0.2, 0) is 17.0 Å². The summed E-state index contributed by atoms with van der Waals surface area (Å²) < 4.78 is 5.40. The molecule has 0 saturated heterocycles. The summed E-state index contributed by atoms with van der Waals surface area (Å²) in [6.07, 6.45) is 1.84. The number of rotatable bonds is 7. The second-order valence-electron chi connectivity index (χ2n) is 5.88. The molecule has 0 aliphatic heterocycles. The number of likely N-dealkylation sites (N-methyl/N-ethyl adjacent to an activating group) is 1. The smallest absolute Gasteiger partial charge is 0.291 e. The number of carbonyl (C=O) groups is 2. The lowest BCUT2D eigenvalue weighted by atomic mass is 10.1. The first-order valence-corrected chi connectivity index (χ1v) is 9.49. The molecule has 3 aromatic rings. The molecule has 1 heterocycles. The van der Waals surface area contributed by atoms with E-state index < -0.39 is 0 Å². The molecule has 0 aliphatic carbocycles. The zero-order chi connectivity index (χ0) is 19.1. The molecule has 0 unspecified atom stereocenters. The van der Waals surface area contributed by atoms with Crippen molar-refractivity contribution >= 4 is 29.3 Å². The third-order valence-electron chi connectivity index (χ3n) is 3.95. The van der Waals surface area contributed by atoms with E-state index in [0.717, 1.165) is 16.0 Å². The first-order chi connectivity index (χ1) is 13.2. The number of anilines is 1. The van der Waals surface area contributed by atoms with Crippen LogP contribution in [0.25, 0.3) is 0 Å². The number of amides is 2. The Bertz CT molecular complexity index is 905. The molecule has 6 heteroatoms. The second kappa shape index (κ2) is 9.09. The first kappa shape index (κ1) is 18.8. The van der Waals surface area contributed by atoms with E-state index in [2.05, 4.69) is 10.6 Å². The van der Waals surface area contributed by atoms with Crippen LogP contribution in [0.5, 0.6) is 0 Å². The Morgan fingerprint density at radius 1 is 1.00 bits per heavy atom. The number of carbonyl (C=O) groups excluding carboxylic acids is 2. The monoisotopic (exact) mass is 380 g/mol. The fourth-order valence-corrected chi connectivity index (χ4v) is 3.39. The van der Waals surface area contributed by atoms with E-state index in [4.69, 9.17) is 4.42 Å². The summed E-state index contributed by atoms with van der Waals surface area (Å²) in [4.78, 5) is 25.1. The number of thioether (sulfide) groups is 1. The summed E-state index contributed by atoms with van der Waals surface area (Å²) >= 11 is 1.65. The quantitative estimate of drug-likeness (QED) is 0.605. The average molecular weight is 380 g/mol. The molecule has 0 spiro atoms. The molecule has 0 fully saturated rings. The molecule has 27 heavy (non-hydrogen) atoms. The van der Waals surface area contributed by atoms with Crippen molar-refractivity contribution in [3.63, 3.8) is 0 Å². The summed E-state index contributed by atoms with van der Waals surface area (Å²) in [7, 11) is 1.61. The third kappa shape index (κ3) is 5.24. The van der Waals surface area contributed by atoms with Crippen LogP contribution in [-0.4, -0.2) is 18.9 Å². The zero-order valence-electron chi connectivity index (χ0n) is 14.9. The van der Waals surface area contributed by atoms with Crippen molar-refractivity contribution in [2.24, 2.45) is 0 Å². The standard InChI is InChI=1S/C21H20N2O3S/c1-22-19(24)13-15-7-9-17(10-8-15)23-21(25)20-16(11-12-26-20)14-27-18-5-3-2-4-6-18/h2-12H,13-14H2,1H3,(H,22,24)(H,23,25). The fourth-order valence-electron chi connectivity index (χ4n) is 2.49. The number of hydrogen-bond acceptors (Lipinski definition) is 4. The number of nitrogens with one attached hydrogen (secondary N) is 2. The molecule has 0 aliphatic rings. The molecule has 0 radical (unpaired) electrons. The lowest BCUT2D eigenvalue weighted by Gasteiger charge is -2.07. The summed E-state index contributed by atoms with van der Waals surface area (Å²) in [6, 6.07) is 19.0. The van der Waals surface area contributed by atoms with E-state index in [1.807, 2.05) is 48.5 Å². The van der Waals surface area contributed by atoms with E-state index >= 15 is 0 Å².